The van der Waals surface area contributed by atoms with E-state index in [2.05, 4.69) is 40.5 Å². The summed E-state index contributed by atoms with van der Waals surface area (Å²) >= 11 is 2.97. The normalized spacial score (nSPS) is 10.5. The van der Waals surface area contributed by atoms with Crippen LogP contribution in [0.2, 0.25) is 0 Å². The summed E-state index contributed by atoms with van der Waals surface area (Å²) in [6, 6.07) is 8.42. The van der Waals surface area contributed by atoms with Gasteiger partial charge in [0, 0.05) is 16.4 Å². The Kier molecular flexibility index (Phi) is 3.23. The average Bonchev–Trinajstić information content (AvgIpc) is 2.64. The molecule has 0 aliphatic carbocycles. The highest BCUT2D eigenvalue weighted by molar-refractivity contribution is 7.98. The summed E-state index contributed by atoms with van der Waals surface area (Å²) in [7, 11) is 0. The number of hydrogen-bond acceptors (Lipinski definition) is 5. The fourth-order valence-corrected chi connectivity index (χ4v) is 2.39. The Hall–Kier alpha value is -1.07. The van der Waals surface area contributed by atoms with Crippen LogP contribution < -0.4 is 5.73 Å². The average molecular weight is 237 g/mol. The molecule has 1 heterocycles. The number of aromatic nitrogens is 2. The minimum absolute atomic E-state index is 0.537. The first-order valence-corrected chi connectivity index (χ1v) is 6.27. The standard InChI is InChI=1S/C10H11N3S2/c1-7-2-4-8(5-3-7)14-6-9-12-10(11)15-13-9/h2-5H,6H2,1H3,(H2,11,12,13). The number of benzene rings is 1. The molecule has 0 saturated heterocycles. The third-order valence-corrected chi connectivity index (χ3v) is 3.46. The van der Waals surface area contributed by atoms with Crippen molar-refractivity contribution in [3.8, 4) is 0 Å². The van der Waals surface area contributed by atoms with E-state index in [-0.39, 0.29) is 0 Å². The summed E-state index contributed by atoms with van der Waals surface area (Å²) in [5, 5.41) is 0.537. The number of nitrogens with zero attached hydrogens (tertiary/aromatic N) is 2. The summed E-state index contributed by atoms with van der Waals surface area (Å²) in [4.78, 5) is 5.34. The second-order valence-electron chi connectivity index (χ2n) is 3.15. The molecule has 78 valence electrons. The molecule has 2 N–H and O–H groups in total. The van der Waals surface area contributed by atoms with Gasteiger partial charge in [-0.15, -0.1) is 11.8 Å². The SMILES string of the molecule is Cc1ccc(SCc2nsc(N)n2)cc1. The molecule has 0 atom stereocenters. The van der Waals surface area contributed by atoms with Gasteiger partial charge in [-0.3, -0.25) is 0 Å². The van der Waals surface area contributed by atoms with E-state index in [1.165, 1.54) is 22.0 Å². The third kappa shape index (κ3) is 2.94. The molecule has 1 aromatic heterocycles. The molecule has 2 rings (SSSR count). The van der Waals surface area contributed by atoms with E-state index < -0.39 is 0 Å². The summed E-state index contributed by atoms with van der Waals surface area (Å²) in [5.74, 6) is 1.58. The van der Waals surface area contributed by atoms with Crippen molar-refractivity contribution in [2.75, 3.05) is 5.73 Å². The Labute approximate surface area is 96.9 Å². The highest BCUT2D eigenvalue weighted by Crippen LogP contribution is 2.22. The van der Waals surface area contributed by atoms with Crippen LogP contribution in [0.25, 0.3) is 0 Å². The van der Waals surface area contributed by atoms with Crippen LogP contribution in [0.15, 0.2) is 29.2 Å². The van der Waals surface area contributed by atoms with Crippen molar-refractivity contribution in [1.29, 1.82) is 0 Å². The molecular weight excluding hydrogens is 226 g/mol. The second kappa shape index (κ2) is 4.63. The predicted molar refractivity (Wildman–Crippen MR) is 65.1 cm³/mol. The first kappa shape index (κ1) is 10.4. The van der Waals surface area contributed by atoms with Crippen LogP contribution in [0.3, 0.4) is 0 Å². The van der Waals surface area contributed by atoms with E-state index in [1.807, 2.05) is 0 Å². The predicted octanol–water partition coefficient (Wildman–Crippen LogP) is 2.72. The molecule has 5 heteroatoms. The summed E-state index contributed by atoms with van der Waals surface area (Å²) in [6.07, 6.45) is 0. The Morgan fingerprint density at radius 2 is 2.07 bits per heavy atom. The summed E-state index contributed by atoms with van der Waals surface area (Å²) in [5.41, 5.74) is 6.78. The van der Waals surface area contributed by atoms with E-state index >= 15 is 0 Å². The largest absolute Gasteiger partial charge is 0.374 e. The number of nitrogen functional groups attached to an aromatic ring is 1. The van der Waals surface area contributed by atoms with Gasteiger partial charge in [0.1, 0.15) is 0 Å². The first-order valence-electron chi connectivity index (χ1n) is 4.51. The molecule has 2 aromatic rings. The van der Waals surface area contributed by atoms with Crippen LogP contribution in [0.1, 0.15) is 11.4 Å². The van der Waals surface area contributed by atoms with E-state index in [9.17, 15) is 0 Å². The van der Waals surface area contributed by atoms with Gasteiger partial charge in [0.05, 0.1) is 5.75 Å². The smallest absolute Gasteiger partial charge is 0.199 e. The maximum absolute atomic E-state index is 5.50. The molecule has 3 nitrogen and oxygen atoms in total. The van der Waals surface area contributed by atoms with Gasteiger partial charge in [-0.1, -0.05) is 17.7 Å². The molecule has 0 radical (unpaired) electrons. The Morgan fingerprint density at radius 3 is 2.67 bits per heavy atom. The zero-order chi connectivity index (χ0) is 10.7. The third-order valence-electron chi connectivity index (χ3n) is 1.87. The molecule has 1 aromatic carbocycles. The van der Waals surface area contributed by atoms with Crippen molar-refractivity contribution in [3.05, 3.63) is 35.7 Å². The van der Waals surface area contributed by atoms with Gasteiger partial charge in [0.2, 0.25) is 0 Å². The molecule has 0 aliphatic rings. The van der Waals surface area contributed by atoms with Gasteiger partial charge in [-0.25, -0.2) is 4.98 Å². The lowest BCUT2D eigenvalue weighted by atomic mass is 10.2. The van der Waals surface area contributed by atoms with E-state index in [0.29, 0.717) is 5.13 Å². The van der Waals surface area contributed by atoms with E-state index in [1.54, 1.807) is 11.8 Å². The van der Waals surface area contributed by atoms with Crippen LogP contribution in [0.4, 0.5) is 5.13 Å². The molecule has 0 amide bonds. The van der Waals surface area contributed by atoms with E-state index in [4.69, 9.17) is 5.73 Å². The Morgan fingerprint density at radius 1 is 1.33 bits per heavy atom. The fraction of sp³-hybridized carbons (Fsp3) is 0.200. The van der Waals surface area contributed by atoms with Crippen LogP contribution >= 0.6 is 23.3 Å². The minimum Gasteiger partial charge on any atom is -0.374 e. The van der Waals surface area contributed by atoms with Gasteiger partial charge in [0.25, 0.3) is 0 Å². The van der Waals surface area contributed by atoms with Crippen LogP contribution in [-0.4, -0.2) is 9.36 Å². The lowest BCUT2D eigenvalue weighted by Gasteiger charge is -1.98. The lowest BCUT2D eigenvalue weighted by Crippen LogP contribution is -1.86. The van der Waals surface area contributed by atoms with Crippen molar-refractivity contribution in [2.45, 2.75) is 17.6 Å². The highest BCUT2D eigenvalue weighted by Gasteiger charge is 2.01. The Balaban J connectivity index is 1.96. The molecule has 0 spiro atoms. The molecule has 0 aliphatic heterocycles. The molecule has 0 bridgehead atoms. The van der Waals surface area contributed by atoms with Gasteiger partial charge >= 0.3 is 0 Å². The number of aryl methyl sites for hydroxylation is 1. The van der Waals surface area contributed by atoms with Gasteiger partial charge in [-0.2, -0.15) is 4.37 Å². The zero-order valence-electron chi connectivity index (χ0n) is 8.30. The molecule has 0 fully saturated rings. The van der Waals surface area contributed by atoms with Crippen molar-refractivity contribution in [2.24, 2.45) is 0 Å². The van der Waals surface area contributed by atoms with Crippen molar-refractivity contribution >= 4 is 28.4 Å². The second-order valence-corrected chi connectivity index (χ2v) is 4.98. The van der Waals surface area contributed by atoms with Crippen LogP contribution in [0.5, 0.6) is 0 Å². The summed E-state index contributed by atoms with van der Waals surface area (Å²) < 4.78 is 4.13. The van der Waals surface area contributed by atoms with Crippen molar-refractivity contribution in [3.63, 3.8) is 0 Å². The number of rotatable bonds is 3. The fourth-order valence-electron chi connectivity index (χ4n) is 1.11. The number of thioether (sulfide) groups is 1. The number of hydrogen-bond donors (Lipinski definition) is 1. The number of anilines is 1. The molecule has 15 heavy (non-hydrogen) atoms. The topological polar surface area (TPSA) is 51.8 Å². The molecule has 0 saturated carbocycles. The van der Waals surface area contributed by atoms with Crippen molar-refractivity contribution in [1.82, 2.24) is 9.36 Å². The quantitative estimate of drug-likeness (QED) is 0.834. The first-order chi connectivity index (χ1) is 7.24. The monoisotopic (exact) mass is 237 g/mol. The van der Waals surface area contributed by atoms with Gasteiger partial charge in [-0.05, 0) is 19.1 Å². The number of nitrogens with two attached hydrogens (primary N) is 1. The van der Waals surface area contributed by atoms with E-state index in [0.717, 1.165) is 11.6 Å². The zero-order valence-corrected chi connectivity index (χ0v) is 9.94. The van der Waals surface area contributed by atoms with Crippen LogP contribution in [0, 0.1) is 6.92 Å². The summed E-state index contributed by atoms with van der Waals surface area (Å²) in [6.45, 7) is 2.08. The highest BCUT2D eigenvalue weighted by atomic mass is 32.2. The molecular formula is C10H11N3S2. The van der Waals surface area contributed by atoms with Gasteiger partial charge < -0.3 is 5.73 Å². The maximum Gasteiger partial charge on any atom is 0.199 e. The molecule has 0 unspecified atom stereocenters. The van der Waals surface area contributed by atoms with Crippen LogP contribution in [-0.2, 0) is 5.75 Å². The van der Waals surface area contributed by atoms with Gasteiger partial charge in [0.15, 0.2) is 11.0 Å². The minimum atomic E-state index is 0.537. The van der Waals surface area contributed by atoms with Crippen molar-refractivity contribution < 1.29 is 0 Å². The lowest BCUT2D eigenvalue weighted by molar-refractivity contribution is 1.14. The maximum atomic E-state index is 5.50. The Bertz CT molecular complexity index is 436.